The van der Waals surface area contributed by atoms with Gasteiger partial charge in [0.15, 0.2) is 0 Å². The summed E-state index contributed by atoms with van der Waals surface area (Å²) in [6, 6.07) is 12.1. The molecule has 5 rings (SSSR count). The maximum Gasteiger partial charge on any atom is 0.230 e. The molecule has 2 aliphatic heterocycles. The lowest BCUT2D eigenvalue weighted by molar-refractivity contribution is -0.125. The van der Waals surface area contributed by atoms with Crippen molar-refractivity contribution in [2.24, 2.45) is 5.92 Å². The third kappa shape index (κ3) is 7.75. The van der Waals surface area contributed by atoms with Gasteiger partial charge < -0.3 is 24.4 Å². The first-order chi connectivity index (χ1) is 20.1. The van der Waals surface area contributed by atoms with Crippen LogP contribution in [-0.4, -0.2) is 72.1 Å². The minimum Gasteiger partial charge on any atom is -0.394 e. The lowest BCUT2D eigenvalue weighted by Crippen LogP contribution is -2.38. The van der Waals surface area contributed by atoms with E-state index in [-0.39, 0.29) is 25.0 Å². The van der Waals surface area contributed by atoms with E-state index in [4.69, 9.17) is 19.6 Å². The van der Waals surface area contributed by atoms with Crippen LogP contribution in [0.15, 0.2) is 54.9 Å². The van der Waals surface area contributed by atoms with Gasteiger partial charge in [0, 0.05) is 61.6 Å². The Labute approximate surface area is 241 Å². The maximum atomic E-state index is 13.8. The summed E-state index contributed by atoms with van der Waals surface area (Å²) in [5.74, 6) is 1.02. The summed E-state index contributed by atoms with van der Waals surface area (Å²) in [5.41, 5.74) is 5.14. The number of nitrogens with zero attached hydrogens (tertiary/aromatic N) is 5. The molecule has 0 unspecified atom stereocenters. The SMILES string of the molecule is Cc1cc(N(Cc2ccc(-c3ccc(N4CCCC4)nc3)nc2)C(=O)C2CCOCC2)cc(/C=C/COCCO)n1. The topological polar surface area (TPSA) is 101 Å². The first kappa shape index (κ1) is 28.9. The monoisotopic (exact) mass is 557 g/mol. The van der Waals surface area contributed by atoms with Crippen molar-refractivity contribution in [3.8, 4) is 11.3 Å². The molecule has 0 atom stereocenters. The average molecular weight is 558 g/mol. The number of aliphatic hydroxyl groups is 1. The van der Waals surface area contributed by atoms with E-state index in [0.29, 0.717) is 39.2 Å². The van der Waals surface area contributed by atoms with Gasteiger partial charge in [-0.2, -0.15) is 0 Å². The molecule has 41 heavy (non-hydrogen) atoms. The highest BCUT2D eigenvalue weighted by Gasteiger charge is 2.28. The van der Waals surface area contributed by atoms with Gasteiger partial charge in [-0.25, -0.2) is 4.98 Å². The lowest BCUT2D eigenvalue weighted by atomic mass is 9.98. The van der Waals surface area contributed by atoms with Gasteiger partial charge >= 0.3 is 0 Å². The van der Waals surface area contributed by atoms with Crippen LogP contribution in [0.2, 0.25) is 0 Å². The van der Waals surface area contributed by atoms with Crippen LogP contribution in [0.5, 0.6) is 0 Å². The van der Waals surface area contributed by atoms with E-state index in [1.165, 1.54) is 12.8 Å². The van der Waals surface area contributed by atoms with Crippen molar-refractivity contribution in [2.75, 3.05) is 55.9 Å². The van der Waals surface area contributed by atoms with Gasteiger partial charge in [-0.1, -0.05) is 12.1 Å². The number of pyridine rings is 3. The zero-order valence-electron chi connectivity index (χ0n) is 23.7. The number of carbonyl (C=O) groups is 1. The zero-order chi connectivity index (χ0) is 28.4. The second-order valence-electron chi connectivity index (χ2n) is 10.6. The Kier molecular flexibility index (Phi) is 10.1. The van der Waals surface area contributed by atoms with Crippen LogP contribution in [0, 0.1) is 12.8 Å². The Hall–Kier alpha value is -3.66. The fourth-order valence-corrected chi connectivity index (χ4v) is 5.30. The number of aliphatic hydroxyl groups excluding tert-OH is 1. The standard InChI is InChI=1S/C32H39N5O4/c1-24-19-29(20-28(35-24)5-4-15-40-18-14-38)37(32(39)26-10-16-41-17-11-26)23-25-6-8-30(33-21-25)27-7-9-31(34-22-27)36-12-2-3-13-36/h4-9,19-22,26,38H,2-3,10-18,23H2,1H3/b5-4+. The minimum absolute atomic E-state index is 0.0122. The van der Waals surface area contributed by atoms with Gasteiger partial charge in [0.25, 0.3) is 0 Å². The lowest BCUT2D eigenvalue weighted by Gasteiger charge is -2.30. The minimum atomic E-state index is -0.0875. The third-order valence-corrected chi connectivity index (χ3v) is 7.48. The summed E-state index contributed by atoms with van der Waals surface area (Å²) in [4.78, 5) is 32.0. The predicted octanol–water partition coefficient (Wildman–Crippen LogP) is 4.43. The van der Waals surface area contributed by atoms with Crippen LogP contribution < -0.4 is 9.80 Å². The molecule has 2 aliphatic rings. The number of rotatable bonds is 11. The van der Waals surface area contributed by atoms with Gasteiger partial charge in [-0.05, 0) is 74.6 Å². The van der Waals surface area contributed by atoms with Crippen molar-refractivity contribution in [3.63, 3.8) is 0 Å². The Morgan fingerprint density at radius 1 is 1.12 bits per heavy atom. The maximum absolute atomic E-state index is 13.8. The number of aromatic nitrogens is 3. The van der Waals surface area contributed by atoms with Crippen LogP contribution in [0.1, 0.15) is 42.6 Å². The van der Waals surface area contributed by atoms with Crippen molar-refractivity contribution < 1.29 is 19.4 Å². The molecule has 1 amide bonds. The second-order valence-corrected chi connectivity index (χ2v) is 10.6. The molecule has 0 radical (unpaired) electrons. The van der Waals surface area contributed by atoms with Crippen molar-refractivity contribution in [2.45, 2.75) is 39.2 Å². The van der Waals surface area contributed by atoms with Crippen LogP contribution in [0.25, 0.3) is 17.3 Å². The first-order valence-corrected chi connectivity index (χ1v) is 14.5. The van der Waals surface area contributed by atoms with E-state index in [2.05, 4.69) is 27.0 Å². The third-order valence-electron chi connectivity index (χ3n) is 7.48. The normalized spacial score (nSPS) is 16.0. The van der Waals surface area contributed by atoms with E-state index < -0.39 is 0 Å². The summed E-state index contributed by atoms with van der Waals surface area (Å²) in [5, 5.41) is 8.90. The Balaban J connectivity index is 1.35. The number of anilines is 2. The highest BCUT2D eigenvalue weighted by atomic mass is 16.5. The van der Waals surface area contributed by atoms with E-state index >= 15 is 0 Å². The van der Waals surface area contributed by atoms with E-state index in [1.807, 2.05) is 60.6 Å². The number of hydrogen-bond acceptors (Lipinski definition) is 8. The summed E-state index contributed by atoms with van der Waals surface area (Å²) < 4.78 is 10.8. The molecular weight excluding hydrogens is 518 g/mol. The number of amides is 1. The summed E-state index contributed by atoms with van der Waals surface area (Å²) in [6.07, 6.45) is 11.3. The molecule has 3 aromatic heterocycles. The molecule has 0 aromatic carbocycles. The zero-order valence-corrected chi connectivity index (χ0v) is 23.7. The molecule has 0 bridgehead atoms. The van der Waals surface area contributed by atoms with Gasteiger partial charge in [0.05, 0.1) is 37.8 Å². The molecule has 0 spiro atoms. The van der Waals surface area contributed by atoms with Gasteiger partial charge in [-0.15, -0.1) is 0 Å². The summed E-state index contributed by atoms with van der Waals surface area (Å²) in [6.45, 7) is 6.32. The molecule has 0 aliphatic carbocycles. The van der Waals surface area contributed by atoms with Crippen LogP contribution in [-0.2, 0) is 20.8 Å². The fraction of sp³-hybridized carbons (Fsp3) is 0.438. The number of hydrogen-bond donors (Lipinski definition) is 1. The molecule has 5 heterocycles. The summed E-state index contributed by atoms with van der Waals surface area (Å²) >= 11 is 0. The average Bonchev–Trinajstić information content (AvgIpc) is 3.55. The van der Waals surface area contributed by atoms with E-state index in [9.17, 15) is 4.79 Å². The largest absolute Gasteiger partial charge is 0.394 e. The van der Waals surface area contributed by atoms with Crippen molar-refractivity contribution in [1.82, 2.24) is 15.0 Å². The van der Waals surface area contributed by atoms with Gasteiger partial charge in [0.1, 0.15) is 5.82 Å². The quantitative estimate of drug-likeness (QED) is 0.346. The fourth-order valence-electron chi connectivity index (χ4n) is 5.30. The number of aryl methyl sites for hydroxylation is 1. The van der Waals surface area contributed by atoms with Crippen LogP contribution >= 0.6 is 0 Å². The Morgan fingerprint density at radius 2 is 1.95 bits per heavy atom. The second kappa shape index (κ2) is 14.3. The molecule has 216 valence electrons. The molecule has 9 nitrogen and oxygen atoms in total. The van der Waals surface area contributed by atoms with Crippen molar-refractivity contribution >= 4 is 23.5 Å². The first-order valence-electron chi connectivity index (χ1n) is 14.5. The molecule has 1 N–H and O–H groups in total. The highest BCUT2D eigenvalue weighted by Crippen LogP contribution is 2.27. The molecule has 2 fully saturated rings. The van der Waals surface area contributed by atoms with Gasteiger partial charge in [-0.3, -0.25) is 14.8 Å². The molecule has 2 saturated heterocycles. The number of carbonyl (C=O) groups excluding carboxylic acids is 1. The van der Waals surface area contributed by atoms with E-state index in [1.54, 1.807) is 0 Å². The Morgan fingerprint density at radius 3 is 2.66 bits per heavy atom. The van der Waals surface area contributed by atoms with Crippen LogP contribution in [0.4, 0.5) is 11.5 Å². The molecule has 3 aromatic rings. The van der Waals surface area contributed by atoms with Crippen molar-refractivity contribution in [1.29, 1.82) is 0 Å². The van der Waals surface area contributed by atoms with Crippen molar-refractivity contribution in [3.05, 3.63) is 71.8 Å². The Bertz CT molecular complexity index is 1300. The summed E-state index contributed by atoms with van der Waals surface area (Å²) in [7, 11) is 0. The number of ether oxygens (including phenoxy) is 2. The molecule has 9 heteroatoms. The molecule has 0 saturated carbocycles. The van der Waals surface area contributed by atoms with Gasteiger partial charge in [0.2, 0.25) is 5.91 Å². The highest BCUT2D eigenvalue weighted by molar-refractivity contribution is 5.95. The van der Waals surface area contributed by atoms with Crippen LogP contribution in [0.3, 0.4) is 0 Å². The van der Waals surface area contributed by atoms with E-state index in [0.717, 1.165) is 52.8 Å². The molecular formula is C32H39N5O4. The predicted molar refractivity (Wildman–Crippen MR) is 160 cm³/mol. The smallest absolute Gasteiger partial charge is 0.230 e.